The molecule has 8 heteroatoms. The molecule has 0 spiro atoms. The van der Waals surface area contributed by atoms with Crippen molar-refractivity contribution in [3.05, 3.63) is 0 Å². The van der Waals surface area contributed by atoms with Gasteiger partial charge in [-0.1, -0.05) is 0 Å². The monoisotopic (exact) mass is 274 g/mol. The molecular weight excluding hydrogens is 244 g/mol. The summed E-state index contributed by atoms with van der Waals surface area (Å²) in [5.41, 5.74) is 0. The SMILES string of the molecule is C[NH+](CCO)CCO.C[NH+](CCO)CCO.[OH-].[OH-]. The van der Waals surface area contributed by atoms with Gasteiger partial charge in [0.1, 0.15) is 26.2 Å². The highest BCUT2D eigenvalue weighted by Gasteiger charge is 1.96. The Kier molecular flexibility index (Phi) is 32.0. The molecule has 0 aliphatic carbocycles. The second-order valence-electron chi connectivity index (χ2n) is 3.81. The summed E-state index contributed by atoms with van der Waals surface area (Å²) >= 11 is 0. The molecule has 0 unspecified atom stereocenters. The molecule has 0 fully saturated rings. The van der Waals surface area contributed by atoms with Gasteiger partial charge in [0.15, 0.2) is 0 Å². The maximum Gasteiger partial charge on any atom is 0.100 e. The number of hydrogen-bond acceptors (Lipinski definition) is 6. The first-order valence-corrected chi connectivity index (χ1v) is 5.68. The van der Waals surface area contributed by atoms with E-state index in [1.807, 2.05) is 14.1 Å². The Morgan fingerprint density at radius 1 is 0.556 bits per heavy atom. The molecule has 8 N–H and O–H groups in total. The lowest BCUT2D eigenvalue weighted by atomic mass is 10.5. The van der Waals surface area contributed by atoms with Crippen molar-refractivity contribution in [2.45, 2.75) is 0 Å². The van der Waals surface area contributed by atoms with Crippen molar-refractivity contribution in [2.75, 3.05) is 66.7 Å². The largest absolute Gasteiger partial charge is 0.870 e. The molecule has 18 heavy (non-hydrogen) atoms. The quantitative estimate of drug-likeness (QED) is 0.260. The van der Waals surface area contributed by atoms with Gasteiger partial charge in [-0.2, -0.15) is 0 Å². The Bertz CT molecular complexity index is 105. The highest BCUT2D eigenvalue weighted by molar-refractivity contribution is 4.21. The molecule has 0 aromatic rings. The third kappa shape index (κ3) is 24.8. The second kappa shape index (κ2) is 21.9. The molecule has 0 aliphatic heterocycles. The van der Waals surface area contributed by atoms with E-state index in [9.17, 15) is 0 Å². The Morgan fingerprint density at radius 2 is 0.722 bits per heavy atom. The van der Waals surface area contributed by atoms with Gasteiger partial charge in [0.25, 0.3) is 0 Å². The topological polar surface area (TPSA) is 150 Å². The normalized spacial score (nSPS) is 9.33. The van der Waals surface area contributed by atoms with Crippen molar-refractivity contribution in [3.8, 4) is 0 Å². The molecule has 0 radical (unpaired) electrons. The summed E-state index contributed by atoms with van der Waals surface area (Å²) in [6, 6.07) is 0. The zero-order valence-electron chi connectivity index (χ0n) is 11.3. The van der Waals surface area contributed by atoms with Crippen molar-refractivity contribution in [1.82, 2.24) is 0 Å². The van der Waals surface area contributed by atoms with Gasteiger partial charge < -0.3 is 41.2 Å². The summed E-state index contributed by atoms with van der Waals surface area (Å²) in [5, 5.41) is 33.4. The zero-order chi connectivity index (χ0) is 12.8. The summed E-state index contributed by atoms with van der Waals surface area (Å²) < 4.78 is 0. The molecule has 0 heterocycles. The summed E-state index contributed by atoms with van der Waals surface area (Å²) in [4.78, 5) is 2.32. The predicted molar refractivity (Wildman–Crippen MR) is 65.5 cm³/mol. The number of nitrogens with one attached hydrogen (secondary N) is 2. The van der Waals surface area contributed by atoms with Crippen LogP contribution in [-0.2, 0) is 0 Å². The van der Waals surface area contributed by atoms with Crippen LogP contribution in [0.25, 0.3) is 0 Å². The molecule has 0 aromatic carbocycles. The lowest BCUT2D eigenvalue weighted by Gasteiger charge is -2.08. The first-order chi connectivity index (χ1) is 7.62. The van der Waals surface area contributed by atoms with E-state index in [4.69, 9.17) is 20.4 Å². The van der Waals surface area contributed by atoms with E-state index in [1.54, 1.807) is 0 Å². The van der Waals surface area contributed by atoms with Crippen LogP contribution in [0.1, 0.15) is 0 Å². The van der Waals surface area contributed by atoms with Crippen molar-refractivity contribution in [2.24, 2.45) is 0 Å². The van der Waals surface area contributed by atoms with Crippen molar-refractivity contribution in [1.29, 1.82) is 0 Å². The average molecular weight is 274 g/mol. The zero-order valence-corrected chi connectivity index (χ0v) is 11.3. The fraction of sp³-hybridized carbons (Fsp3) is 1.00. The highest BCUT2D eigenvalue weighted by Crippen LogP contribution is 1.46. The maximum absolute atomic E-state index is 8.36. The number of quaternary nitrogens is 2. The number of aliphatic hydroxyl groups excluding tert-OH is 4. The molecule has 8 nitrogen and oxygen atoms in total. The third-order valence-corrected chi connectivity index (χ3v) is 2.15. The maximum atomic E-state index is 8.36. The Hall–Kier alpha value is -0.320. The first kappa shape index (κ1) is 26.3. The Balaban J connectivity index is -0.0000000980. The van der Waals surface area contributed by atoms with E-state index in [2.05, 4.69) is 0 Å². The van der Waals surface area contributed by atoms with E-state index >= 15 is 0 Å². The van der Waals surface area contributed by atoms with Crippen molar-refractivity contribution in [3.63, 3.8) is 0 Å². The van der Waals surface area contributed by atoms with E-state index in [-0.39, 0.29) is 37.4 Å². The predicted octanol–water partition coefficient (Wildman–Crippen LogP) is -5.38. The van der Waals surface area contributed by atoms with E-state index in [0.29, 0.717) is 0 Å². The van der Waals surface area contributed by atoms with Crippen LogP contribution >= 0.6 is 0 Å². The fourth-order valence-corrected chi connectivity index (χ4v) is 1.01. The minimum Gasteiger partial charge on any atom is -0.870 e. The smallest absolute Gasteiger partial charge is 0.100 e. The first-order valence-electron chi connectivity index (χ1n) is 5.68. The van der Waals surface area contributed by atoms with Crippen LogP contribution in [0, 0.1) is 0 Å². The molecule has 0 saturated heterocycles. The van der Waals surface area contributed by atoms with Gasteiger partial charge in [0.2, 0.25) is 0 Å². The van der Waals surface area contributed by atoms with Crippen LogP contribution < -0.4 is 9.80 Å². The molecule has 0 atom stereocenters. The van der Waals surface area contributed by atoms with Gasteiger partial charge in [-0.15, -0.1) is 0 Å². The van der Waals surface area contributed by atoms with E-state index < -0.39 is 0 Å². The molecule has 0 bridgehead atoms. The van der Waals surface area contributed by atoms with Crippen LogP contribution in [0.3, 0.4) is 0 Å². The van der Waals surface area contributed by atoms with Crippen molar-refractivity contribution >= 4 is 0 Å². The van der Waals surface area contributed by atoms with Crippen LogP contribution in [0.5, 0.6) is 0 Å². The molecule has 0 aliphatic rings. The molecule has 0 aromatic heterocycles. The molecule has 0 amide bonds. The lowest BCUT2D eigenvalue weighted by molar-refractivity contribution is -0.880. The van der Waals surface area contributed by atoms with Crippen LogP contribution in [0.15, 0.2) is 0 Å². The van der Waals surface area contributed by atoms with E-state index in [0.717, 1.165) is 36.0 Å². The average Bonchev–Trinajstić information content (AvgIpc) is 2.20. The van der Waals surface area contributed by atoms with Gasteiger partial charge in [0.05, 0.1) is 40.5 Å². The number of aliphatic hydroxyl groups is 4. The fourth-order valence-electron chi connectivity index (χ4n) is 1.01. The number of rotatable bonds is 8. The summed E-state index contributed by atoms with van der Waals surface area (Å²) in [6.07, 6.45) is 0. The lowest BCUT2D eigenvalue weighted by Crippen LogP contribution is -3.10. The minimum absolute atomic E-state index is 0. The Labute approximate surface area is 109 Å². The molecule has 116 valence electrons. The van der Waals surface area contributed by atoms with E-state index in [1.165, 1.54) is 0 Å². The van der Waals surface area contributed by atoms with Crippen molar-refractivity contribution < 1.29 is 41.2 Å². The Morgan fingerprint density at radius 3 is 0.833 bits per heavy atom. The number of likely N-dealkylation sites (N-methyl/N-ethyl adjacent to an activating group) is 2. The minimum atomic E-state index is 0. The second-order valence-corrected chi connectivity index (χ2v) is 3.81. The molecule has 0 saturated carbocycles. The summed E-state index contributed by atoms with van der Waals surface area (Å²) in [5.74, 6) is 0. The molecular formula is C10H30N2O6. The third-order valence-electron chi connectivity index (χ3n) is 2.15. The van der Waals surface area contributed by atoms with Gasteiger partial charge >= 0.3 is 0 Å². The van der Waals surface area contributed by atoms with Crippen LogP contribution in [0.2, 0.25) is 0 Å². The standard InChI is InChI=1S/2C5H13NO2.2H2O/c2*1-6(2-4-7)3-5-8;;/h2*7-8H,2-5H2,1H3;2*1H2. The highest BCUT2D eigenvalue weighted by atomic mass is 16.3. The number of hydrogen-bond donors (Lipinski definition) is 6. The summed E-state index contributed by atoms with van der Waals surface area (Å²) in [6.45, 7) is 3.69. The summed E-state index contributed by atoms with van der Waals surface area (Å²) in [7, 11) is 3.87. The van der Waals surface area contributed by atoms with Gasteiger partial charge in [-0.25, -0.2) is 0 Å². The van der Waals surface area contributed by atoms with Gasteiger partial charge in [-0.3, -0.25) is 0 Å². The van der Waals surface area contributed by atoms with Crippen LogP contribution in [-0.4, -0.2) is 98.1 Å². The van der Waals surface area contributed by atoms with Gasteiger partial charge in [-0.05, 0) is 0 Å². The van der Waals surface area contributed by atoms with Gasteiger partial charge in [0, 0.05) is 0 Å². The van der Waals surface area contributed by atoms with Crippen LogP contribution in [0.4, 0.5) is 0 Å². The molecule has 0 rings (SSSR count).